The van der Waals surface area contributed by atoms with Crippen LogP contribution in [0.3, 0.4) is 0 Å². The Morgan fingerprint density at radius 2 is 2.03 bits per heavy atom. The average molecular weight is 463 g/mol. The van der Waals surface area contributed by atoms with Crippen molar-refractivity contribution in [3.8, 4) is 12.1 Å². The van der Waals surface area contributed by atoms with E-state index < -0.39 is 0 Å². The molecule has 3 heterocycles. The molecule has 2 N–H and O–H groups in total. The number of aromatic nitrogens is 4. The van der Waals surface area contributed by atoms with E-state index >= 15 is 0 Å². The number of hydrogen-bond acceptors (Lipinski definition) is 9. The van der Waals surface area contributed by atoms with Crippen LogP contribution in [0, 0.1) is 22.7 Å². The molecule has 12 heteroatoms. The molecular formula is C21H19ClN10O. The van der Waals surface area contributed by atoms with Gasteiger partial charge in [-0.2, -0.15) is 20.0 Å². The molecule has 1 aromatic carbocycles. The molecule has 1 aliphatic heterocycles. The fourth-order valence-corrected chi connectivity index (χ4v) is 3.91. The van der Waals surface area contributed by atoms with Gasteiger partial charge in [0.2, 0.25) is 11.9 Å². The summed E-state index contributed by atoms with van der Waals surface area (Å²) < 4.78 is 1.41. The molecule has 1 amide bonds. The average Bonchev–Trinajstić information content (AvgIpc) is 3.51. The zero-order chi connectivity index (χ0) is 23.1. The highest BCUT2D eigenvalue weighted by atomic mass is 35.5. The van der Waals surface area contributed by atoms with Gasteiger partial charge < -0.3 is 15.5 Å². The Morgan fingerprint density at radius 3 is 2.73 bits per heavy atom. The summed E-state index contributed by atoms with van der Waals surface area (Å²) in [6, 6.07) is 7.66. The minimum atomic E-state index is -0.0997. The molecule has 0 spiro atoms. The first-order valence-corrected chi connectivity index (χ1v) is 10.8. The third kappa shape index (κ3) is 4.00. The first-order valence-electron chi connectivity index (χ1n) is 10.4. The van der Waals surface area contributed by atoms with Crippen molar-refractivity contribution in [2.45, 2.75) is 18.9 Å². The smallest absolute Gasteiger partial charge is 0.247 e. The molecule has 166 valence electrons. The van der Waals surface area contributed by atoms with Crippen molar-refractivity contribution in [3.63, 3.8) is 0 Å². The van der Waals surface area contributed by atoms with Crippen molar-refractivity contribution >= 4 is 46.3 Å². The number of imidazole rings is 1. The van der Waals surface area contributed by atoms with E-state index in [4.69, 9.17) is 11.6 Å². The van der Waals surface area contributed by atoms with Crippen molar-refractivity contribution < 1.29 is 4.79 Å². The number of carbonyl (C=O) groups is 1. The van der Waals surface area contributed by atoms with Gasteiger partial charge >= 0.3 is 0 Å². The number of anilines is 4. The predicted molar refractivity (Wildman–Crippen MR) is 121 cm³/mol. The highest BCUT2D eigenvalue weighted by molar-refractivity contribution is 6.36. The predicted octanol–water partition coefficient (Wildman–Crippen LogP) is 2.12. The Bertz CT molecular complexity index is 1350. The van der Waals surface area contributed by atoms with Crippen LogP contribution in [0.1, 0.15) is 24.1 Å². The molecular weight excluding hydrogens is 444 g/mol. The van der Waals surface area contributed by atoms with Crippen molar-refractivity contribution in [1.82, 2.24) is 24.5 Å². The molecule has 0 radical (unpaired) electrons. The summed E-state index contributed by atoms with van der Waals surface area (Å²) in [6.07, 6.45) is 3.50. The summed E-state index contributed by atoms with van der Waals surface area (Å²) in [7, 11) is 1.88. The van der Waals surface area contributed by atoms with E-state index in [1.807, 2.05) is 11.9 Å². The maximum atomic E-state index is 12.6. The lowest BCUT2D eigenvalue weighted by molar-refractivity contribution is -0.120. The minimum absolute atomic E-state index is 0.0997. The third-order valence-corrected chi connectivity index (χ3v) is 5.92. The number of fused-ring (bicyclic) bond motifs is 1. The molecule has 0 unspecified atom stereocenters. The van der Waals surface area contributed by atoms with Crippen LogP contribution in [0.15, 0.2) is 18.3 Å². The Hall–Kier alpha value is -3.93. The lowest BCUT2D eigenvalue weighted by Crippen LogP contribution is -2.49. The Balaban J connectivity index is 1.56. The number of nitriles is 2. The van der Waals surface area contributed by atoms with Gasteiger partial charge in [-0.3, -0.25) is 9.69 Å². The fourth-order valence-electron chi connectivity index (χ4n) is 3.66. The topological polar surface area (TPSA) is 138 Å². The molecule has 11 nitrogen and oxygen atoms in total. The molecule has 1 saturated carbocycles. The number of nitrogens with zero attached hydrogens (tertiary/aromatic N) is 8. The molecule has 2 aliphatic rings. The molecule has 2 aromatic heterocycles. The van der Waals surface area contributed by atoms with Gasteiger partial charge in [-0.1, -0.05) is 11.6 Å². The summed E-state index contributed by atoms with van der Waals surface area (Å²) >= 11 is 6.69. The van der Waals surface area contributed by atoms with Crippen LogP contribution in [-0.2, 0) is 4.79 Å². The van der Waals surface area contributed by atoms with Crippen LogP contribution in [0.5, 0.6) is 0 Å². The quantitative estimate of drug-likeness (QED) is 0.583. The van der Waals surface area contributed by atoms with Gasteiger partial charge in [-0.05, 0) is 32.0 Å². The lowest BCUT2D eigenvalue weighted by atomic mass is 10.1. The van der Waals surface area contributed by atoms with Gasteiger partial charge in [0.25, 0.3) is 0 Å². The van der Waals surface area contributed by atoms with Gasteiger partial charge in [0.15, 0.2) is 17.2 Å². The number of halogens is 1. The molecule has 1 saturated heterocycles. The summed E-state index contributed by atoms with van der Waals surface area (Å²) in [5.41, 5.74) is 1.88. The number of carbonyl (C=O) groups excluding carboxylic acids is 1. The van der Waals surface area contributed by atoms with Crippen LogP contribution in [0.4, 0.5) is 23.1 Å². The normalized spacial score (nSPS) is 16.5. The van der Waals surface area contributed by atoms with Crippen LogP contribution in [0.25, 0.3) is 5.65 Å². The van der Waals surface area contributed by atoms with Crippen molar-refractivity contribution in [3.05, 3.63) is 34.6 Å². The van der Waals surface area contributed by atoms with Gasteiger partial charge in [0.1, 0.15) is 6.07 Å². The highest BCUT2D eigenvalue weighted by Gasteiger charge is 2.27. The van der Waals surface area contributed by atoms with E-state index in [1.54, 1.807) is 17.0 Å². The molecule has 5 rings (SSSR count). The van der Waals surface area contributed by atoms with Crippen molar-refractivity contribution in [2.24, 2.45) is 0 Å². The molecule has 0 atom stereocenters. The monoisotopic (exact) mass is 462 g/mol. The summed E-state index contributed by atoms with van der Waals surface area (Å²) in [5.74, 6) is 0.573. The Labute approximate surface area is 194 Å². The highest BCUT2D eigenvalue weighted by Crippen LogP contribution is 2.37. The molecule has 33 heavy (non-hydrogen) atoms. The number of likely N-dealkylation sites (N-methyl/N-ethyl adjacent to an activating group) is 1. The second-order valence-electron chi connectivity index (χ2n) is 8.07. The first kappa shape index (κ1) is 20.9. The molecule has 2 fully saturated rings. The second-order valence-corrected chi connectivity index (χ2v) is 8.45. The Morgan fingerprint density at radius 1 is 1.21 bits per heavy atom. The van der Waals surface area contributed by atoms with Crippen molar-refractivity contribution in [1.29, 1.82) is 10.5 Å². The SMILES string of the molecule is CN1CCN(c2cc(C#N)cc(Nc3nc(NC4CC4)c4ncc(C#N)n4n3)c2Cl)C(=O)C1. The summed E-state index contributed by atoms with van der Waals surface area (Å²) in [6.45, 7) is 1.42. The van der Waals surface area contributed by atoms with E-state index in [-0.39, 0.29) is 29.1 Å². The van der Waals surface area contributed by atoms with E-state index in [0.717, 1.165) is 12.8 Å². The van der Waals surface area contributed by atoms with Crippen LogP contribution in [0.2, 0.25) is 5.02 Å². The van der Waals surface area contributed by atoms with Gasteiger partial charge in [0.05, 0.1) is 40.8 Å². The number of hydrogen-bond donors (Lipinski definition) is 2. The minimum Gasteiger partial charge on any atom is -0.364 e. The number of rotatable bonds is 5. The second kappa shape index (κ2) is 8.20. The van der Waals surface area contributed by atoms with E-state index in [2.05, 4.69) is 37.8 Å². The van der Waals surface area contributed by atoms with Crippen LogP contribution in [-0.4, -0.2) is 63.1 Å². The maximum absolute atomic E-state index is 12.6. The van der Waals surface area contributed by atoms with Gasteiger partial charge in [0, 0.05) is 19.1 Å². The Kier molecular flexibility index (Phi) is 5.21. The van der Waals surface area contributed by atoms with Gasteiger partial charge in [-0.15, -0.1) is 5.10 Å². The number of amides is 1. The number of nitrogens with one attached hydrogen (secondary N) is 2. The standard InChI is InChI=1S/C21H19ClN10O/c1-30-4-5-31(17(33)11-30)16-7-12(8-23)6-15(18(16)22)27-21-28-19(26-13-2-3-13)20-25-10-14(9-24)32(20)29-21/h6-7,10,13H,2-5,11H2,1H3,(H2,26,27,28,29). The third-order valence-electron chi connectivity index (χ3n) is 5.53. The van der Waals surface area contributed by atoms with Gasteiger partial charge in [-0.25, -0.2) is 4.98 Å². The molecule has 1 aliphatic carbocycles. The van der Waals surface area contributed by atoms with E-state index in [9.17, 15) is 15.3 Å². The summed E-state index contributed by atoms with van der Waals surface area (Å²) in [5, 5.41) is 30.0. The summed E-state index contributed by atoms with van der Waals surface area (Å²) in [4.78, 5) is 24.9. The molecule has 3 aromatic rings. The lowest BCUT2D eigenvalue weighted by Gasteiger charge is -2.33. The molecule has 0 bridgehead atoms. The zero-order valence-electron chi connectivity index (χ0n) is 17.7. The first-order chi connectivity index (χ1) is 16.0. The van der Waals surface area contributed by atoms with Crippen LogP contribution >= 0.6 is 11.6 Å². The van der Waals surface area contributed by atoms with Crippen molar-refractivity contribution in [2.75, 3.05) is 42.2 Å². The van der Waals surface area contributed by atoms with Crippen LogP contribution < -0.4 is 15.5 Å². The number of benzene rings is 1. The van der Waals surface area contributed by atoms with E-state index in [1.165, 1.54) is 10.7 Å². The van der Waals surface area contributed by atoms with E-state index in [0.29, 0.717) is 47.5 Å². The largest absolute Gasteiger partial charge is 0.364 e. The zero-order valence-corrected chi connectivity index (χ0v) is 18.5. The number of piperazine rings is 1. The fraction of sp³-hybridized carbons (Fsp3) is 0.333. The maximum Gasteiger partial charge on any atom is 0.247 e.